The molecule has 226 valence electrons. The number of rotatable bonds is 5. The number of carbonyl (C=O) groups excluding carboxylic acids is 2. The number of hydrogen-bond acceptors (Lipinski definition) is 7. The summed E-state index contributed by atoms with van der Waals surface area (Å²) >= 11 is 0.818. The van der Waals surface area contributed by atoms with Crippen molar-refractivity contribution in [2.24, 2.45) is 40.4 Å². The van der Waals surface area contributed by atoms with Gasteiger partial charge >= 0.3 is 11.3 Å². The van der Waals surface area contributed by atoms with Gasteiger partial charge in [0, 0.05) is 5.75 Å². The van der Waals surface area contributed by atoms with Crippen molar-refractivity contribution in [1.82, 2.24) is 9.78 Å². The molecule has 4 aliphatic carbocycles. The summed E-state index contributed by atoms with van der Waals surface area (Å²) in [5, 5.41) is 25.3. The van der Waals surface area contributed by atoms with Crippen LogP contribution in [0.4, 0.5) is 9.18 Å². The number of aliphatic hydroxyl groups is 2. The van der Waals surface area contributed by atoms with Gasteiger partial charge in [0.15, 0.2) is 0 Å². The van der Waals surface area contributed by atoms with Gasteiger partial charge in [0.1, 0.15) is 5.82 Å². The van der Waals surface area contributed by atoms with Gasteiger partial charge in [-0.25, -0.2) is 13.9 Å². The number of carbonyl (C=O) groups is 2. The Balaban J connectivity index is 1.22. The van der Waals surface area contributed by atoms with Gasteiger partial charge in [0.05, 0.1) is 35.7 Å². The van der Waals surface area contributed by atoms with Gasteiger partial charge in [-0.1, -0.05) is 26.3 Å². The molecule has 9 atom stereocenters. The molecule has 0 bridgehead atoms. The van der Waals surface area contributed by atoms with E-state index in [-0.39, 0.29) is 34.2 Å². The minimum atomic E-state index is -0.671. The van der Waals surface area contributed by atoms with Crippen LogP contribution >= 0.6 is 11.8 Å². The number of allylic oxidation sites excluding steroid dienone is 1. The molecular formula is C33H41FN2O5S. The summed E-state index contributed by atoms with van der Waals surface area (Å²) in [6.45, 7) is 7.99. The Hall–Kier alpha value is -2.49. The number of esters is 1. The van der Waals surface area contributed by atoms with Crippen LogP contribution in [0.25, 0.3) is 11.8 Å². The maximum atomic E-state index is 13.6. The van der Waals surface area contributed by atoms with Gasteiger partial charge in [-0.3, -0.25) is 4.79 Å². The highest BCUT2D eigenvalue weighted by molar-refractivity contribution is 8.13. The third-order valence-corrected chi connectivity index (χ3v) is 12.1. The van der Waals surface area contributed by atoms with E-state index >= 15 is 0 Å². The van der Waals surface area contributed by atoms with Crippen LogP contribution in [0.1, 0.15) is 71.1 Å². The highest BCUT2D eigenvalue weighted by atomic mass is 32.2. The predicted octanol–water partition coefficient (Wildman–Crippen LogP) is 6.19. The van der Waals surface area contributed by atoms with E-state index in [1.54, 1.807) is 19.1 Å². The number of fused-ring (bicyclic) bond motifs is 6. The molecule has 9 heteroatoms. The molecule has 1 heterocycles. The van der Waals surface area contributed by atoms with E-state index < -0.39 is 29.4 Å². The van der Waals surface area contributed by atoms with Crippen LogP contribution in [-0.4, -0.2) is 49.2 Å². The van der Waals surface area contributed by atoms with Gasteiger partial charge in [0.2, 0.25) is 0 Å². The van der Waals surface area contributed by atoms with Crippen molar-refractivity contribution < 1.29 is 28.9 Å². The van der Waals surface area contributed by atoms with Gasteiger partial charge in [-0.2, -0.15) is 5.10 Å². The lowest BCUT2D eigenvalue weighted by atomic mass is 9.45. The average molecular weight is 597 g/mol. The molecule has 3 unspecified atom stereocenters. The van der Waals surface area contributed by atoms with Crippen LogP contribution < -0.4 is 0 Å². The number of halogens is 1. The molecule has 4 aliphatic rings. The lowest BCUT2D eigenvalue weighted by Crippen LogP contribution is -2.57. The molecule has 3 saturated carbocycles. The Kier molecular flexibility index (Phi) is 7.67. The number of aromatic nitrogens is 2. The van der Waals surface area contributed by atoms with E-state index in [9.17, 15) is 24.2 Å². The smallest absolute Gasteiger partial charge is 0.375 e. The molecule has 42 heavy (non-hydrogen) atoms. The number of thioether (sulfide) groups is 1. The highest BCUT2D eigenvalue weighted by Gasteiger charge is 2.63. The van der Waals surface area contributed by atoms with Crippen LogP contribution in [0.5, 0.6) is 0 Å². The van der Waals surface area contributed by atoms with Crippen molar-refractivity contribution in [3.8, 4) is 5.69 Å². The number of hydrogen-bond donors (Lipinski definition) is 2. The first-order valence-corrected chi connectivity index (χ1v) is 16.2. The van der Waals surface area contributed by atoms with Crippen molar-refractivity contribution in [3.05, 3.63) is 53.1 Å². The van der Waals surface area contributed by atoms with E-state index in [0.29, 0.717) is 18.3 Å². The zero-order chi connectivity index (χ0) is 30.0. The molecule has 0 radical (unpaired) electrons. The van der Waals surface area contributed by atoms with Gasteiger partial charge < -0.3 is 14.9 Å². The second kappa shape index (κ2) is 10.9. The van der Waals surface area contributed by atoms with Crippen molar-refractivity contribution in [3.63, 3.8) is 0 Å². The normalized spacial score (nSPS) is 34.7. The summed E-state index contributed by atoms with van der Waals surface area (Å²) < 4.78 is 20.6. The molecule has 0 spiro atoms. The molecule has 0 amide bonds. The van der Waals surface area contributed by atoms with Crippen molar-refractivity contribution in [2.75, 3.05) is 5.75 Å². The summed E-state index contributed by atoms with van der Waals surface area (Å²) in [6, 6.07) is 6.40. The Bertz CT molecular complexity index is 1410. The lowest BCUT2D eigenvalue weighted by Gasteiger charge is -2.60. The zero-order valence-corrected chi connectivity index (χ0v) is 25.6. The quantitative estimate of drug-likeness (QED) is 0.313. The molecule has 0 aliphatic heterocycles. The van der Waals surface area contributed by atoms with E-state index in [0.717, 1.165) is 60.8 Å². The standard InChI is InChI=1S/C33H41FN2O5S/c1-18(37)17-42-31(40)41-30(39)19(2)25-11-12-26-24-10-5-21-13-27-20(16-35-36(27)23-8-6-22(34)7-9-23)14-32(21,3)29(24)28(38)15-33(25,26)4/h6-9,13,16,18-19,24-26,28-29,37-38H,5,10-12,14-15,17H2,1-4H3/t18?,19?,24-,25+,26-,28-,29+,32-,33?/m0/s1. The van der Waals surface area contributed by atoms with E-state index in [2.05, 4.69) is 25.0 Å². The fourth-order valence-corrected chi connectivity index (χ4v) is 9.91. The molecule has 2 N–H and O–H groups in total. The number of ether oxygens (including phenoxy) is 1. The summed E-state index contributed by atoms with van der Waals surface area (Å²) in [7, 11) is 0. The molecule has 7 nitrogen and oxygen atoms in total. The SMILES string of the molecule is CC(O)CSC(=O)OC(=O)C(C)[C@H]1CC[C@H]2[C@@H]3CCC4=Cc5c(cnn5-c5ccc(F)cc5)C[C@]4(C)[C@H]3[C@@H](O)CC12C. The van der Waals surface area contributed by atoms with Gasteiger partial charge in [-0.05, 0) is 128 Å². The van der Waals surface area contributed by atoms with Crippen molar-refractivity contribution in [1.29, 1.82) is 0 Å². The highest BCUT2D eigenvalue weighted by Crippen LogP contribution is 2.67. The molecule has 6 rings (SSSR count). The lowest BCUT2D eigenvalue weighted by molar-refractivity contribution is -0.151. The molecule has 1 aromatic heterocycles. The predicted molar refractivity (Wildman–Crippen MR) is 159 cm³/mol. The van der Waals surface area contributed by atoms with Crippen molar-refractivity contribution in [2.45, 2.75) is 78.4 Å². The van der Waals surface area contributed by atoms with Crippen LogP contribution in [0.15, 0.2) is 36.0 Å². The minimum Gasteiger partial charge on any atom is -0.393 e. The van der Waals surface area contributed by atoms with E-state index in [1.165, 1.54) is 17.7 Å². The minimum absolute atomic E-state index is 0.0248. The number of nitrogens with zero attached hydrogens (tertiary/aromatic N) is 2. The van der Waals surface area contributed by atoms with E-state index in [1.807, 2.05) is 17.8 Å². The molecule has 1 aromatic carbocycles. The Labute approximate surface area is 250 Å². The van der Waals surface area contributed by atoms with Gasteiger partial charge in [-0.15, -0.1) is 0 Å². The molecular weight excluding hydrogens is 555 g/mol. The maximum absolute atomic E-state index is 13.6. The largest absolute Gasteiger partial charge is 0.393 e. The van der Waals surface area contributed by atoms with Crippen LogP contribution in [-0.2, 0) is 16.0 Å². The summed E-state index contributed by atoms with van der Waals surface area (Å²) in [5.74, 6) is -0.205. The molecule has 2 aromatic rings. The fraction of sp³-hybridized carbons (Fsp3) is 0.606. The zero-order valence-electron chi connectivity index (χ0n) is 24.8. The third kappa shape index (κ3) is 4.85. The second-order valence-corrected chi connectivity index (χ2v) is 14.6. The molecule has 3 fully saturated rings. The van der Waals surface area contributed by atoms with Gasteiger partial charge in [0.25, 0.3) is 0 Å². The number of benzene rings is 1. The van der Waals surface area contributed by atoms with Crippen LogP contribution in [0, 0.1) is 46.2 Å². The van der Waals surface area contributed by atoms with Crippen molar-refractivity contribution >= 4 is 29.1 Å². The average Bonchev–Trinajstić information content (AvgIpc) is 3.49. The first-order chi connectivity index (χ1) is 19.9. The summed E-state index contributed by atoms with van der Waals surface area (Å²) in [4.78, 5) is 25.2. The second-order valence-electron chi connectivity index (χ2n) is 13.6. The fourth-order valence-electron chi connectivity index (χ4n) is 9.39. The summed E-state index contributed by atoms with van der Waals surface area (Å²) in [5.41, 5.74) is 3.95. The topological polar surface area (TPSA) is 102 Å². The Morgan fingerprint density at radius 2 is 1.93 bits per heavy atom. The van der Waals surface area contributed by atoms with Crippen LogP contribution in [0.2, 0.25) is 0 Å². The summed E-state index contributed by atoms with van der Waals surface area (Å²) in [6.07, 6.45) is 8.24. The third-order valence-electron chi connectivity index (χ3n) is 11.2. The molecule has 0 saturated heterocycles. The first kappa shape index (κ1) is 29.6. The van der Waals surface area contributed by atoms with E-state index in [4.69, 9.17) is 4.74 Å². The monoisotopic (exact) mass is 596 g/mol. The Morgan fingerprint density at radius 3 is 2.64 bits per heavy atom. The maximum Gasteiger partial charge on any atom is 0.375 e. The van der Waals surface area contributed by atoms with Crippen LogP contribution in [0.3, 0.4) is 0 Å². The Morgan fingerprint density at radius 1 is 1.19 bits per heavy atom. The number of aliphatic hydroxyl groups excluding tert-OH is 2. The first-order valence-electron chi connectivity index (χ1n) is 15.2.